The van der Waals surface area contributed by atoms with Crippen LogP contribution in [0, 0.1) is 17.1 Å². The fourth-order valence-corrected chi connectivity index (χ4v) is 3.05. The third kappa shape index (κ3) is 2.09. The lowest BCUT2D eigenvalue weighted by Crippen LogP contribution is -2.26. The molecule has 0 N–H and O–H groups in total. The van der Waals surface area contributed by atoms with Crippen molar-refractivity contribution in [1.29, 1.82) is 5.26 Å². The molecule has 0 atom stereocenters. The number of halogens is 2. The second kappa shape index (κ2) is 5.50. The fraction of sp³-hybridized carbons (Fsp3) is 0.333. The van der Waals surface area contributed by atoms with Crippen molar-refractivity contribution in [1.82, 2.24) is 9.13 Å². The van der Waals surface area contributed by atoms with E-state index in [4.69, 9.17) is 16.3 Å². The number of fused-ring (bicyclic) bond motifs is 1. The van der Waals surface area contributed by atoms with E-state index in [1.807, 2.05) is 6.07 Å². The Morgan fingerprint density at radius 3 is 2.86 bits per heavy atom. The van der Waals surface area contributed by atoms with Crippen LogP contribution in [0.3, 0.4) is 0 Å². The van der Waals surface area contributed by atoms with E-state index in [1.54, 1.807) is 4.57 Å². The van der Waals surface area contributed by atoms with E-state index < -0.39 is 11.5 Å². The predicted octanol–water partition coefficient (Wildman–Crippen LogP) is 2.65. The van der Waals surface area contributed by atoms with Crippen LogP contribution in [0.1, 0.15) is 24.2 Å². The van der Waals surface area contributed by atoms with E-state index in [1.165, 1.54) is 13.2 Å². The third-order valence-corrected chi connectivity index (χ3v) is 4.15. The van der Waals surface area contributed by atoms with E-state index in [0.717, 1.165) is 23.5 Å². The topological polar surface area (TPSA) is 60.0 Å². The first-order valence-electron chi connectivity index (χ1n) is 6.86. The molecule has 2 heterocycles. The molecule has 0 fully saturated rings. The summed E-state index contributed by atoms with van der Waals surface area (Å²) in [4.78, 5) is 12.6. The summed E-state index contributed by atoms with van der Waals surface area (Å²) >= 11 is 5.88. The summed E-state index contributed by atoms with van der Waals surface area (Å²) in [6.45, 7) is 0.544. The summed E-state index contributed by atoms with van der Waals surface area (Å²) < 4.78 is 22.0. The van der Waals surface area contributed by atoms with Gasteiger partial charge in [0.25, 0.3) is 0 Å². The predicted molar refractivity (Wildman–Crippen MR) is 79.2 cm³/mol. The Bertz CT molecular complexity index is 848. The van der Waals surface area contributed by atoms with Crippen LogP contribution in [-0.4, -0.2) is 16.2 Å². The van der Waals surface area contributed by atoms with Gasteiger partial charge in [0.2, 0.25) is 0 Å². The molecule has 0 aliphatic carbocycles. The Morgan fingerprint density at radius 2 is 2.18 bits per heavy atom. The maximum absolute atomic E-state index is 14.3. The molecule has 22 heavy (non-hydrogen) atoms. The average molecular weight is 322 g/mol. The second-order valence-corrected chi connectivity index (χ2v) is 5.48. The Labute approximate surface area is 131 Å². The summed E-state index contributed by atoms with van der Waals surface area (Å²) in [5.74, 6) is -0.426. The summed E-state index contributed by atoms with van der Waals surface area (Å²) in [5.41, 5.74) is 0.402. The van der Waals surface area contributed by atoms with Crippen LogP contribution in [0.15, 0.2) is 16.9 Å². The number of methoxy groups -OCH3 is 1. The number of hydrogen-bond donors (Lipinski definition) is 0. The van der Waals surface area contributed by atoms with E-state index in [-0.39, 0.29) is 22.2 Å². The normalized spacial score (nSPS) is 13.5. The number of benzene rings is 1. The lowest BCUT2D eigenvalue weighted by Gasteiger charge is -2.12. The zero-order valence-corrected chi connectivity index (χ0v) is 12.7. The van der Waals surface area contributed by atoms with Crippen LogP contribution in [0.5, 0.6) is 5.75 Å². The van der Waals surface area contributed by atoms with Crippen LogP contribution in [0.2, 0.25) is 5.02 Å². The second-order valence-electron chi connectivity index (χ2n) is 5.07. The van der Waals surface area contributed by atoms with Crippen molar-refractivity contribution in [3.05, 3.63) is 44.8 Å². The first kappa shape index (κ1) is 14.7. The SMILES string of the molecule is COc1cc(-n2c(C#N)c3n(c2=O)CCCC3)c(F)cc1Cl. The average Bonchev–Trinajstić information content (AvgIpc) is 2.80. The van der Waals surface area contributed by atoms with Crippen LogP contribution in [0.25, 0.3) is 5.69 Å². The number of hydrogen-bond acceptors (Lipinski definition) is 3. The van der Waals surface area contributed by atoms with Gasteiger partial charge >= 0.3 is 5.69 Å². The summed E-state index contributed by atoms with van der Waals surface area (Å²) in [7, 11) is 1.40. The molecule has 0 unspecified atom stereocenters. The van der Waals surface area contributed by atoms with Crippen molar-refractivity contribution in [2.45, 2.75) is 25.8 Å². The Hall–Kier alpha value is -2.26. The highest BCUT2D eigenvalue weighted by Gasteiger charge is 2.25. The molecule has 1 aliphatic rings. The molecule has 0 bridgehead atoms. The van der Waals surface area contributed by atoms with Gasteiger partial charge in [0.1, 0.15) is 23.3 Å². The highest BCUT2D eigenvalue weighted by molar-refractivity contribution is 6.32. The molecule has 0 saturated carbocycles. The summed E-state index contributed by atoms with van der Waals surface area (Å²) in [6, 6.07) is 4.45. The molecule has 3 rings (SSSR count). The highest BCUT2D eigenvalue weighted by Crippen LogP contribution is 2.30. The van der Waals surface area contributed by atoms with Crippen molar-refractivity contribution in [2.75, 3.05) is 7.11 Å². The van der Waals surface area contributed by atoms with Crippen molar-refractivity contribution in [2.24, 2.45) is 0 Å². The Kier molecular flexibility index (Phi) is 3.67. The molecule has 1 aromatic heterocycles. The third-order valence-electron chi connectivity index (χ3n) is 3.86. The quantitative estimate of drug-likeness (QED) is 0.854. The van der Waals surface area contributed by atoms with Gasteiger partial charge in [-0.3, -0.25) is 4.57 Å². The number of aromatic nitrogens is 2. The van der Waals surface area contributed by atoms with Gasteiger partial charge in [-0.05, 0) is 25.3 Å². The highest BCUT2D eigenvalue weighted by atomic mass is 35.5. The van der Waals surface area contributed by atoms with Crippen LogP contribution in [-0.2, 0) is 13.0 Å². The van der Waals surface area contributed by atoms with Crippen LogP contribution < -0.4 is 10.4 Å². The maximum Gasteiger partial charge on any atom is 0.334 e. The van der Waals surface area contributed by atoms with Gasteiger partial charge in [0.05, 0.1) is 23.5 Å². The van der Waals surface area contributed by atoms with Gasteiger partial charge in [-0.25, -0.2) is 13.8 Å². The molecule has 5 nitrogen and oxygen atoms in total. The number of imidazole rings is 1. The molecular weight excluding hydrogens is 309 g/mol. The minimum Gasteiger partial charge on any atom is -0.495 e. The fourth-order valence-electron chi connectivity index (χ4n) is 2.82. The largest absolute Gasteiger partial charge is 0.495 e. The first-order valence-corrected chi connectivity index (χ1v) is 7.24. The van der Waals surface area contributed by atoms with Gasteiger partial charge in [-0.1, -0.05) is 11.6 Å². The molecule has 2 aromatic rings. The van der Waals surface area contributed by atoms with E-state index >= 15 is 0 Å². The monoisotopic (exact) mass is 321 g/mol. The van der Waals surface area contributed by atoms with Gasteiger partial charge in [0, 0.05) is 12.6 Å². The maximum atomic E-state index is 14.3. The minimum atomic E-state index is -0.674. The summed E-state index contributed by atoms with van der Waals surface area (Å²) in [6.07, 6.45) is 2.41. The first-order chi connectivity index (χ1) is 10.6. The zero-order valence-electron chi connectivity index (χ0n) is 11.9. The molecule has 0 spiro atoms. The minimum absolute atomic E-state index is 0.0234. The van der Waals surface area contributed by atoms with Crippen molar-refractivity contribution >= 4 is 11.6 Å². The molecule has 1 aromatic carbocycles. The standard InChI is InChI=1S/C15H13ClFN3O2/c1-22-14-7-12(10(17)6-9(14)16)20-13(8-18)11-4-2-3-5-19(11)15(20)21/h6-7H,2-5H2,1H3. The number of nitriles is 1. The number of rotatable bonds is 2. The van der Waals surface area contributed by atoms with Gasteiger partial charge in [0.15, 0.2) is 0 Å². The Morgan fingerprint density at radius 1 is 1.41 bits per heavy atom. The van der Waals surface area contributed by atoms with Gasteiger partial charge in [-0.2, -0.15) is 5.26 Å². The van der Waals surface area contributed by atoms with Crippen molar-refractivity contribution in [3.63, 3.8) is 0 Å². The van der Waals surface area contributed by atoms with Crippen molar-refractivity contribution in [3.8, 4) is 17.5 Å². The van der Waals surface area contributed by atoms with Crippen LogP contribution >= 0.6 is 11.6 Å². The van der Waals surface area contributed by atoms with E-state index in [2.05, 4.69) is 0 Å². The molecule has 1 aliphatic heterocycles. The van der Waals surface area contributed by atoms with Crippen LogP contribution in [0.4, 0.5) is 4.39 Å². The zero-order chi connectivity index (χ0) is 15.9. The smallest absolute Gasteiger partial charge is 0.334 e. The number of ether oxygens (including phenoxy) is 1. The lowest BCUT2D eigenvalue weighted by molar-refractivity contribution is 0.413. The molecule has 0 radical (unpaired) electrons. The lowest BCUT2D eigenvalue weighted by atomic mass is 10.1. The van der Waals surface area contributed by atoms with Gasteiger partial charge in [-0.15, -0.1) is 0 Å². The molecule has 0 amide bonds. The van der Waals surface area contributed by atoms with Gasteiger partial charge < -0.3 is 4.74 Å². The molecule has 0 saturated heterocycles. The van der Waals surface area contributed by atoms with E-state index in [0.29, 0.717) is 18.7 Å². The van der Waals surface area contributed by atoms with Crippen molar-refractivity contribution < 1.29 is 9.13 Å². The van der Waals surface area contributed by atoms with E-state index in [9.17, 15) is 14.4 Å². The number of nitrogens with zero attached hydrogens (tertiary/aromatic N) is 3. The molecule has 114 valence electrons. The Balaban J connectivity index is 2.32. The molecular formula is C15H13ClFN3O2. The molecule has 7 heteroatoms. The summed E-state index contributed by atoms with van der Waals surface area (Å²) in [5, 5.41) is 9.53.